The van der Waals surface area contributed by atoms with Crippen LogP contribution in [0.2, 0.25) is 0 Å². The Kier molecular flexibility index (Phi) is 5.36. The number of nitrogens with one attached hydrogen (secondary N) is 2. The number of H-pyrrole nitrogens is 1. The highest BCUT2D eigenvalue weighted by Crippen LogP contribution is 2.26. The minimum atomic E-state index is 0.700. The number of para-hydroxylation sites is 1. The molecule has 2 aromatic carbocycles. The molecule has 6 nitrogen and oxygen atoms in total. The highest BCUT2D eigenvalue weighted by atomic mass is 32.2. The van der Waals surface area contributed by atoms with Crippen molar-refractivity contribution >= 4 is 33.9 Å². The van der Waals surface area contributed by atoms with Crippen molar-refractivity contribution in [3.8, 4) is 17.1 Å². The maximum absolute atomic E-state index is 5.18. The molecule has 0 unspecified atom stereocenters. The number of thiazole rings is 1. The summed E-state index contributed by atoms with van der Waals surface area (Å²) in [5.74, 6) is 2.27. The molecule has 0 aliphatic rings. The van der Waals surface area contributed by atoms with Gasteiger partial charge in [-0.1, -0.05) is 30.0 Å². The van der Waals surface area contributed by atoms with Gasteiger partial charge in [0.15, 0.2) is 11.0 Å². The van der Waals surface area contributed by atoms with E-state index < -0.39 is 0 Å². The Balaban J connectivity index is 1.36. The lowest BCUT2D eigenvalue weighted by Crippen LogP contribution is -1.89. The fourth-order valence-corrected chi connectivity index (χ4v) is 3.93. The third-order valence-electron chi connectivity index (χ3n) is 3.75. The van der Waals surface area contributed by atoms with Gasteiger partial charge >= 0.3 is 0 Å². The van der Waals surface area contributed by atoms with E-state index in [9.17, 15) is 0 Å². The molecule has 4 aromatic rings. The zero-order valence-electron chi connectivity index (χ0n) is 14.5. The molecule has 2 N–H and O–H groups in total. The summed E-state index contributed by atoms with van der Waals surface area (Å²) >= 11 is 3.14. The molecule has 4 rings (SSSR count). The van der Waals surface area contributed by atoms with Gasteiger partial charge in [0.25, 0.3) is 0 Å². The minimum Gasteiger partial charge on any atom is -0.497 e. The van der Waals surface area contributed by atoms with E-state index >= 15 is 0 Å². The molecule has 27 heavy (non-hydrogen) atoms. The summed E-state index contributed by atoms with van der Waals surface area (Å²) in [6.45, 7) is 0. The van der Waals surface area contributed by atoms with E-state index in [0.717, 1.165) is 33.7 Å². The average molecular weight is 396 g/mol. The van der Waals surface area contributed by atoms with Crippen LogP contribution in [-0.2, 0) is 5.75 Å². The normalized spacial score (nSPS) is 10.7. The van der Waals surface area contributed by atoms with Crippen LogP contribution >= 0.6 is 23.1 Å². The highest BCUT2D eigenvalue weighted by Gasteiger charge is 2.09. The van der Waals surface area contributed by atoms with Gasteiger partial charge in [-0.3, -0.25) is 5.10 Å². The van der Waals surface area contributed by atoms with Crippen LogP contribution in [0.25, 0.3) is 11.4 Å². The summed E-state index contributed by atoms with van der Waals surface area (Å²) in [5.41, 5.74) is 3.00. The van der Waals surface area contributed by atoms with Crippen LogP contribution < -0.4 is 10.1 Å². The summed E-state index contributed by atoms with van der Waals surface area (Å²) in [6, 6.07) is 17.7. The van der Waals surface area contributed by atoms with Gasteiger partial charge in [-0.25, -0.2) is 9.97 Å². The first-order valence-corrected chi connectivity index (χ1v) is 10.1. The van der Waals surface area contributed by atoms with Crippen LogP contribution in [0.1, 0.15) is 5.69 Å². The quantitative estimate of drug-likeness (QED) is 0.430. The fraction of sp³-hybridized carbons (Fsp3) is 0.105. The summed E-state index contributed by atoms with van der Waals surface area (Å²) < 4.78 is 5.18. The average Bonchev–Trinajstić information content (AvgIpc) is 3.37. The van der Waals surface area contributed by atoms with Crippen molar-refractivity contribution in [2.24, 2.45) is 0 Å². The van der Waals surface area contributed by atoms with Gasteiger partial charge < -0.3 is 10.1 Å². The van der Waals surface area contributed by atoms with E-state index in [1.54, 1.807) is 30.2 Å². The molecular formula is C19H17N5OS2. The fourth-order valence-electron chi connectivity index (χ4n) is 2.40. The van der Waals surface area contributed by atoms with E-state index in [0.29, 0.717) is 10.9 Å². The molecule has 0 amide bonds. The molecule has 0 aliphatic carbocycles. The van der Waals surface area contributed by atoms with Gasteiger partial charge in [-0.05, 0) is 36.4 Å². The first-order valence-electron chi connectivity index (χ1n) is 8.26. The van der Waals surface area contributed by atoms with Crippen LogP contribution in [0.3, 0.4) is 0 Å². The molecule has 2 aromatic heterocycles. The maximum Gasteiger partial charge on any atom is 0.209 e. The Morgan fingerprint density at radius 3 is 2.67 bits per heavy atom. The van der Waals surface area contributed by atoms with E-state index in [2.05, 4.69) is 30.9 Å². The van der Waals surface area contributed by atoms with Gasteiger partial charge in [0, 0.05) is 22.4 Å². The number of benzene rings is 2. The topological polar surface area (TPSA) is 75.7 Å². The van der Waals surface area contributed by atoms with Crippen molar-refractivity contribution < 1.29 is 4.74 Å². The second kappa shape index (κ2) is 8.24. The minimum absolute atomic E-state index is 0.700. The number of rotatable bonds is 7. The van der Waals surface area contributed by atoms with Crippen molar-refractivity contribution in [1.29, 1.82) is 0 Å². The summed E-state index contributed by atoms with van der Waals surface area (Å²) in [4.78, 5) is 9.15. The number of aromatic nitrogens is 4. The molecule has 2 heterocycles. The van der Waals surface area contributed by atoms with Crippen molar-refractivity contribution in [3.05, 3.63) is 65.7 Å². The number of thioether (sulfide) groups is 1. The molecule has 8 heteroatoms. The predicted molar refractivity (Wildman–Crippen MR) is 110 cm³/mol. The molecule has 0 fully saturated rings. The van der Waals surface area contributed by atoms with Crippen molar-refractivity contribution in [2.45, 2.75) is 10.9 Å². The standard InChI is InChI=1S/C19H17N5OS2/c1-25-16-9-7-13(8-10-16)17-22-19(24-23-17)27-12-15-11-26-18(21-15)20-14-5-3-2-4-6-14/h2-11H,12H2,1H3,(H,20,21)(H,22,23,24). The van der Waals surface area contributed by atoms with Crippen LogP contribution in [0, 0.1) is 0 Å². The highest BCUT2D eigenvalue weighted by molar-refractivity contribution is 7.98. The molecule has 0 atom stereocenters. The number of aromatic amines is 1. The van der Waals surface area contributed by atoms with Gasteiger partial charge in [-0.2, -0.15) is 0 Å². The van der Waals surface area contributed by atoms with Crippen LogP contribution in [0.15, 0.2) is 65.1 Å². The number of hydrogen-bond acceptors (Lipinski definition) is 7. The monoisotopic (exact) mass is 395 g/mol. The first-order chi connectivity index (χ1) is 13.3. The second-order valence-electron chi connectivity index (χ2n) is 5.62. The maximum atomic E-state index is 5.18. The Labute approximate surface area is 165 Å². The largest absolute Gasteiger partial charge is 0.497 e. The number of anilines is 2. The third kappa shape index (κ3) is 4.47. The third-order valence-corrected chi connectivity index (χ3v) is 5.44. The number of ether oxygens (including phenoxy) is 1. The molecular weight excluding hydrogens is 378 g/mol. The Hall–Kier alpha value is -2.84. The van der Waals surface area contributed by atoms with Crippen molar-refractivity contribution in [1.82, 2.24) is 20.2 Å². The molecule has 0 saturated heterocycles. The Morgan fingerprint density at radius 2 is 1.89 bits per heavy atom. The summed E-state index contributed by atoms with van der Waals surface area (Å²) in [5, 5.41) is 14.2. The van der Waals surface area contributed by atoms with E-state index in [-0.39, 0.29) is 0 Å². The molecule has 0 spiro atoms. The second-order valence-corrected chi connectivity index (χ2v) is 7.42. The smallest absolute Gasteiger partial charge is 0.209 e. The molecule has 0 saturated carbocycles. The first kappa shape index (κ1) is 17.6. The van der Waals surface area contributed by atoms with Crippen LogP contribution in [-0.4, -0.2) is 27.3 Å². The van der Waals surface area contributed by atoms with Gasteiger partial charge in [0.2, 0.25) is 5.16 Å². The summed E-state index contributed by atoms with van der Waals surface area (Å²) in [6.07, 6.45) is 0. The molecule has 0 radical (unpaired) electrons. The lowest BCUT2D eigenvalue weighted by Gasteiger charge is -2.00. The van der Waals surface area contributed by atoms with E-state index in [1.165, 1.54) is 0 Å². The predicted octanol–water partition coefficient (Wildman–Crippen LogP) is 4.97. The number of methoxy groups -OCH3 is 1. The summed E-state index contributed by atoms with van der Waals surface area (Å²) in [7, 11) is 1.65. The Morgan fingerprint density at radius 1 is 1.07 bits per heavy atom. The number of nitrogens with zero attached hydrogens (tertiary/aromatic N) is 3. The Bertz CT molecular complexity index is 998. The lowest BCUT2D eigenvalue weighted by molar-refractivity contribution is 0.415. The van der Waals surface area contributed by atoms with E-state index in [1.807, 2.05) is 54.6 Å². The number of hydrogen-bond donors (Lipinski definition) is 2. The molecule has 0 aliphatic heterocycles. The SMILES string of the molecule is COc1ccc(-c2nc(SCc3csc(Nc4ccccc4)n3)n[nH]2)cc1. The van der Waals surface area contributed by atoms with Crippen LogP contribution in [0.4, 0.5) is 10.8 Å². The zero-order chi connectivity index (χ0) is 18.5. The van der Waals surface area contributed by atoms with E-state index in [4.69, 9.17) is 4.74 Å². The molecule has 136 valence electrons. The van der Waals surface area contributed by atoms with Crippen LogP contribution in [0.5, 0.6) is 5.75 Å². The van der Waals surface area contributed by atoms with Crippen molar-refractivity contribution in [2.75, 3.05) is 12.4 Å². The van der Waals surface area contributed by atoms with Gasteiger partial charge in [0.05, 0.1) is 12.8 Å². The molecule has 0 bridgehead atoms. The van der Waals surface area contributed by atoms with Gasteiger partial charge in [0.1, 0.15) is 5.75 Å². The van der Waals surface area contributed by atoms with Gasteiger partial charge in [-0.15, -0.1) is 16.4 Å². The zero-order valence-corrected chi connectivity index (χ0v) is 16.2. The lowest BCUT2D eigenvalue weighted by atomic mass is 10.2. The van der Waals surface area contributed by atoms with Crippen molar-refractivity contribution in [3.63, 3.8) is 0 Å².